The van der Waals surface area contributed by atoms with E-state index in [1.165, 1.54) is 12.8 Å². The molecule has 0 aliphatic heterocycles. The van der Waals surface area contributed by atoms with Crippen LogP contribution in [-0.4, -0.2) is 13.1 Å². The summed E-state index contributed by atoms with van der Waals surface area (Å²) in [6.07, 6.45) is 2.87. The van der Waals surface area contributed by atoms with E-state index in [9.17, 15) is 0 Å². The lowest BCUT2D eigenvalue weighted by atomic mass is 9.73. The highest BCUT2D eigenvalue weighted by molar-refractivity contribution is 4.82. The minimum atomic E-state index is 0.737. The quantitative estimate of drug-likeness (QED) is 0.594. The van der Waals surface area contributed by atoms with E-state index in [1.54, 1.807) is 0 Å². The van der Waals surface area contributed by atoms with E-state index in [1.807, 2.05) is 7.05 Å². The first-order valence-electron chi connectivity index (χ1n) is 3.91. The summed E-state index contributed by atoms with van der Waals surface area (Å²) >= 11 is 0. The van der Waals surface area contributed by atoms with Crippen LogP contribution in [0.3, 0.4) is 0 Å². The van der Waals surface area contributed by atoms with Gasteiger partial charge in [0.15, 0.2) is 0 Å². The van der Waals surface area contributed by atoms with Gasteiger partial charge in [-0.3, -0.25) is 0 Å². The second-order valence-electron chi connectivity index (χ2n) is 3.41. The molecule has 1 aliphatic carbocycles. The smallest absolute Gasteiger partial charge is 0.00641 e. The zero-order chi connectivity index (χ0) is 6.85. The average molecular weight is 127 g/mol. The fourth-order valence-electron chi connectivity index (χ4n) is 1.61. The molecule has 1 rings (SSSR count). The van der Waals surface area contributed by atoms with Gasteiger partial charge in [0.2, 0.25) is 0 Å². The Labute approximate surface area is 57.8 Å². The van der Waals surface area contributed by atoms with Crippen LogP contribution in [0.25, 0.3) is 0 Å². The molecule has 9 heavy (non-hydrogen) atoms. The van der Waals surface area contributed by atoms with Crippen molar-refractivity contribution >= 4 is 0 Å². The third kappa shape index (κ3) is 1.45. The monoisotopic (exact) mass is 127 g/mol. The third-order valence-electron chi connectivity index (χ3n) is 2.57. The molecule has 0 amide bonds. The van der Waals surface area contributed by atoms with Crippen LogP contribution in [0.4, 0.5) is 0 Å². The number of nitrogens with one attached hydrogen (secondary N) is 1. The standard InChI is InChI=1S/C8H17N/c1-6-4-8(5-6)7(2)9-3/h6-9H,4-5H2,1-3H3. The molecule has 0 aromatic rings. The van der Waals surface area contributed by atoms with E-state index in [-0.39, 0.29) is 0 Å². The van der Waals surface area contributed by atoms with E-state index in [0.29, 0.717) is 0 Å². The maximum Gasteiger partial charge on any atom is 0.00641 e. The van der Waals surface area contributed by atoms with Gasteiger partial charge in [0.1, 0.15) is 0 Å². The second kappa shape index (κ2) is 2.70. The Morgan fingerprint density at radius 3 is 2.33 bits per heavy atom. The summed E-state index contributed by atoms with van der Waals surface area (Å²) in [6.45, 7) is 4.61. The topological polar surface area (TPSA) is 12.0 Å². The molecular formula is C8H17N. The molecule has 0 aromatic heterocycles. The maximum atomic E-state index is 3.29. The third-order valence-corrected chi connectivity index (χ3v) is 2.57. The molecular weight excluding hydrogens is 110 g/mol. The van der Waals surface area contributed by atoms with Crippen LogP contribution in [0.15, 0.2) is 0 Å². The van der Waals surface area contributed by atoms with Crippen molar-refractivity contribution in [2.24, 2.45) is 11.8 Å². The Hall–Kier alpha value is -0.0400. The maximum absolute atomic E-state index is 3.29. The lowest BCUT2D eigenvalue weighted by Crippen LogP contribution is -2.38. The van der Waals surface area contributed by atoms with Crippen LogP contribution >= 0.6 is 0 Å². The van der Waals surface area contributed by atoms with Gasteiger partial charge in [-0.2, -0.15) is 0 Å². The number of hydrogen-bond donors (Lipinski definition) is 1. The minimum Gasteiger partial charge on any atom is -0.317 e. The molecule has 0 bridgehead atoms. The molecule has 1 unspecified atom stereocenters. The van der Waals surface area contributed by atoms with Crippen LogP contribution in [-0.2, 0) is 0 Å². The van der Waals surface area contributed by atoms with Crippen LogP contribution in [0, 0.1) is 11.8 Å². The fraction of sp³-hybridized carbons (Fsp3) is 1.00. The van der Waals surface area contributed by atoms with Crippen molar-refractivity contribution in [2.75, 3.05) is 7.05 Å². The lowest BCUT2D eigenvalue weighted by Gasteiger charge is -2.36. The van der Waals surface area contributed by atoms with Crippen molar-refractivity contribution in [1.29, 1.82) is 0 Å². The van der Waals surface area contributed by atoms with Crippen LogP contribution in [0.1, 0.15) is 26.7 Å². The Kier molecular flexibility index (Phi) is 2.12. The molecule has 1 heteroatoms. The molecule has 0 spiro atoms. The number of hydrogen-bond acceptors (Lipinski definition) is 1. The van der Waals surface area contributed by atoms with Gasteiger partial charge >= 0.3 is 0 Å². The average Bonchev–Trinajstić information content (AvgIpc) is 1.79. The highest BCUT2D eigenvalue weighted by atomic mass is 14.9. The van der Waals surface area contributed by atoms with Crippen LogP contribution in [0.5, 0.6) is 0 Å². The van der Waals surface area contributed by atoms with Crippen molar-refractivity contribution in [3.8, 4) is 0 Å². The summed E-state index contributed by atoms with van der Waals surface area (Å²) in [5, 5.41) is 3.29. The van der Waals surface area contributed by atoms with Crippen molar-refractivity contribution in [3.63, 3.8) is 0 Å². The van der Waals surface area contributed by atoms with Gasteiger partial charge in [-0.15, -0.1) is 0 Å². The molecule has 54 valence electrons. The lowest BCUT2D eigenvalue weighted by molar-refractivity contribution is 0.170. The first kappa shape index (κ1) is 7.07. The van der Waals surface area contributed by atoms with Crippen molar-refractivity contribution in [3.05, 3.63) is 0 Å². The van der Waals surface area contributed by atoms with E-state index in [4.69, 9.17) is 0 Å². The van der Waals surface area contributed by atoms with Crippen molar-refractivity contribution in [2.45, 2.75) is 32.7 Å². The van der Waals surface area contributed by atoms with Gasteiger partial charge < -0.3 is 5.32 Å². The minimum absolute atomic E-state index is 0.737. The summed E-state index contributed by atoms with van der Waals surface area (Å²) in [5.41, 5.74) is 0. The fourth-order valence-corrected chi connectivity index (χ4v) is 1.61. The Balaban J connectivity index is 2.15. The Morgan fingerprint density at radius 1 is 1.44 bits per heavy atom. The normalized spacial score (nSPS) is 37.7. The summed E-state index contributed by atoms with van der Waals surface area (Å²) in [6, 6.07) is 0.737. The van der Waals surface area contributed by atoms with E-state index in [2.05, 4.69) is 19.2 Å². The van der Waals surface area contributed by atoms with E-state index < -0.39 is 0 Å². The largest absolute Gasteiger partial charge is 0.317 e. The summed E-state index contributed by atoms with van der Waals surface area (Å²) in [5.74, 6) is 1.95. The zero-order valence-electron chi connectivity index (χ0n) is 6.65. The molecule has 1 N–H and O–H groups in total. The van der Waals surface area contributed by atoms with Gasteiger partial charge in [-0.05, 0) is 38.6 Å². The first-order chi connectivity index (χ1) is 4.24. The zero-order valence-corrected chi connectivity index (χ0v) is 6.65. The molecule has 1 saturated carbocycles. The summed E-state index contributed by atoms with van der Waals surface area (Å²) in [4.78, 5) is 0. The van der Waals surface area contributed by atoms with Crippen molar-refractivity contribution < 1.29 is 0 Å². The van der Waals surface area contributed by atoms with Gasteiger partial charge in [0.05, 0.1) is 0 Å². The second-order valence-corrected chi connectivity index (χ2v) is 3.41. The van der Waals surface area contributed by atoms with Gasteiger partial charge in [-0.1, -0.05) is 6.92 Å². The molecule has 0 saturated heterocycles. The summed E-state index contributed by atoms with van der Waals surface area (Å²) < 4.78 is 0. The van der Waals surface area contributed by atoms with Gasteiger partial charge in [0, 0.05) is 6.04 Å². The Morgan fingerprint density at radius 2 is 2.00 bits per heavy atom. The highest BCUT2D eigenvalue weighted by Gasteiger charge is 2.28. The molecule has 1 nitrogen and oxygen atoms in total. The van der Waals surface area contributed by atoms with E-state index in [0.717, 1.165) is 17.9 Å². The van der Waals surface area contributed by atoms with Crippen molar-refractivity contribution in [1.82, 2.24) is 5.32 Å². The summed E-state index contributed by atoms with van der Waals surface area (Å²) in [7, 11) is 2.05. The van der Waals surface area contributed by atoms with Gasteiger partial charge in [0.25, 0.3) is 0 Å². The molecule has 0 radical (unpaired) electrons. The molecule has 1 aliphatic rings. The highest BCUT2D eigenvalue weighted by Crippen LogP contribution is 2.35. The Bertz CT molecular complexity index is 84.6. The molecule has 1 fully saturated rings. The molecule has 0 heterocycles. The molecule has 1 atom stereocenters. The SMILES string of the molecule is CNC(C)C1CC(C)C1. The van der Waals surface area contributed by atoms with E-state index >= 15 is 0 Å². The first-order valence-corrected chi connectivity index (χ1v) is 3.91. The molecule has 0 aromatic carbocycles. The predicted octanol–water partition coefficient (Wildman–Crippen LogP) is 1.64. The predicted molar refractivity (Wildman–Crippen MR) is 40.4 cm³/mol. The van der Waals surface area contributed by atoms with Gasteiger partial charge in [-0.25, -0.2) is 0 Å². The van der Waals surface area contributed by atoms with Crippen LogP contribution < -0.4 is 5.32 Å². The number of rotatable bonds is 2. The van der Waals surface area contributed by atoms with Crippen LogP contribution in [0.2, 0.25) is 0 Å².